The Morgan fingerprint density at radius 3 is 2.48 bits per heavy atom. The quantitative estimate of drug-likeness (QED) is 0.820. The number of thioether (sulfide) groups is 1. The van der Waals surface area contributed by atoms with Crippen LogP contribution in [0.1, 0.15) is 50.2 Å². The van der Waals surface area contributed by atoms with E-state index in [1.807, 2.05) is 13.0 Å². The Labute approximate surface area is 142 Å². The van der Waals surface area contributed by atoms with Crippen LogP contribution in [0.5, 0.6) is 0 Å². The van der Waals surface area contributed by atoms with Gasteiger partial charge in [-0.2, -0.15) is 0 Å². The van der Waals surface area contributed by atoms with Crippen molar-refractivity contribution in [2.45, 2.75) is 69.1 Å². The van der Waals surface area contributed by atoms with Gasteiger partial charge in [0.1, 0.15) is 0 Å². The maximum absolute atomic E-state index is 12.2. The molecule has 0 aromatic heterocycles. The Morgan fingerprint density at radius 2 is 1.83 bits per heavy atom. The van der Waals surface area contributed by atoms with Crippen molar-refractivity contribution in [2.24, 2.45) is 0 Å². The molecule has 1 fully saturated rings. The maximum Gasteiger partial charge on any atom is 0.321 e. The van der Waals surface area contributed by atoms with E-state index in [9.17, 15) is 9.59 Å². The Hall–Kier alpha value is -1.49. The lowest BCUT2D eigenvalue weighted by Crippen LogP contribution is -2.47. The predicted molar refractivity (Wildman–Crippen MR) is 94.8 cm³/mol. The zero-order valence-corrected chi connectivity index (χ0v) is 15.0. The number of hydrogen-bond acceptors (Lipinski definition) is 3. The minimum Gasteiger partial charge on any atom is -0.335 e. The second-order valence-electron chi connectivity index (χ2n) is 6.30. The Bertz CT molecular complexity index is 568. The summed E-state index contributed by atoms with van der Waals surface area (Å²) in [5, 5.41) is 5.06. The van der Waals surface area contributed by atoms with Gasteiger partial charge in [0, 0.05) is 10.9 Å². The number of carbonyl (C=O) groups is 2. The van der Waals surface area contributed by atoms with Crippen LogP contribution in [0.4, 0.5) is 4.79 Å². The van der Waals surface area contributed by atoms with Gasteiger partial charge in [-0.05, 0) is 56.9 Å². The highest BCUT2D eigenvalue weighted by atomic mass is 32.2. The number of carbonyl (C=O) groups excluding carboxylic acids is 2. The number of nitrogens with one attached hydrogen (secondary N) is 2. The molecule has 1 aromatic carbocycles. The molecule has 1 atom stereocenters. The first-order chi connectivity index (χ1) is 11.0. The third kappa shape index (κ3) is 5.57. The Kier molecular flexibility index (Phi) is 6.51. The number of rotatable bonds is 4. The zero-order valence-electron chi connectivity index (χ0n) is 14.1. The summed E-state index contributed by atoms with van der Waals surface area (Å²) in [5.74, 6) is -0.249. The van der Waals surface area contributed by atoms with Gasteiger partial charge in [-0.25, -0.2) is 4.79 Å². The largest absolute Gasteiger partial charge is 0.335 e. The summed E-state index contributed by atoms with van der Waals surface area (Å²) in [6.07, 6.45) is 5.56. The average molecular weight is 334 g/mol. The molecule has 2 rings (SSSR count). The molecule has 0 radical (unpaired) electrons. The summed E-state index contributed by atoms with van der Waals surface area (Å²) < 4.78 is 0. The minimum atomic E-state index is -0.366. The average Bonchev–Trinajstić information content (AvgIpc) is 2.51. The van der Waals surface area contributed by atoms with Gasteiger partial charge in [0.2, 0.25) is 5.91 Å². The zero-order chi connectivity index (χ0) is 16.8. The smallest absolute Gasteiger partial charge is 0.321 e. The van der Waals surface area contributed by atoms with Crippen molar-refractivity contribution in [2.75, 3.05) is 0 Å². The summed E-state index contributed by atoms with van der Waals surface area (Å²) in [4.78, 5) is 25.1. The van der Waals surface area contributed by atoms with Crippen molar-refractivity contribution in [1.29, 1.82) is 0 Å². The summed E-state index contributed by atoms with van der Waals surface area (Å²) in [6.45, 7) is 5.94. The fraction of sp³-hybridized carbons (Fsp3) is 0.556. The maximum atomic E-state index is 12.2. The normalized spacial score (nSPS) is 16.7. The van der Waals surface area contributed by atoms with E-state index in [0.29, 0.717) is 0 Å². The van der Waals surface area contributed by atoms with E-state index in [0.717, 1.165) is 30.6 Å². The van der Waals surface area contributed by atoms with Crippen molar-refractivity contribution in [1.82, 2.24) is 10.6 Å². The standard InChI is InChI=1S/C18H26N2O2S/c1-12-9-10-16(11-13(12)2)23-14(3)17(21)20-18(22)19-15-7-5-4-6-8-15/h9-11,14-15H,4-8H2,1-3H3,(H2,19,20,21,22)/t14-/m1/s1. The van der Waals surface area contributed by atoms with Gasteiger partial charge in [0.25, 0.3) is 0 Å². The van der Waals surface area contributed by atoms with Crippen LogP contribution in [-0.2, 0) is 4.79 Å². The number of urea groups is 1. The fourth-order valence-electron chi connectivity index (χ4n) is 2.73. The SMILES string of the molecule is Cc1ccc(S[C@H](C)C(=O)NC(=O)NC2CCCCC2)cc1C. The Balaban J connectivity index is 1.81. The second-order valence-corrected chi connectivity index (χ2v) is 7.72. The minimum absolute atomic E-state index is 0.208. The van der Waals surface area contributed by atoms with Gasteiger partial charge in [0.15, 0.2) is 0 Å². The first-order valence-electron chi connectivity index (χ1n) is 8.31. The van der Waals surface area contributed by atoms with E-state index in [1.165, 1.54) is 29.3 Å². The molecule has 0 unspecified atom stereocenters. The van der Waals surface area contributed by atoms with E-state index in [-0.39, 0.29) is 23.2 Å². The van der Waals surface area contributed by atoms with Crippen LogP contribution < -0.4 is 10.6 Å². The molecule has 126 valence electrons. The van der Waals surface area contributed by atoms with E-state index >= 15 is 0 Å². The lowest BCUT2D eigenvalue weighted by atomic mass is 9.96. The molecule has 0 heterocycles. The summed E-state index contributed by atoms with van der Waals surface area (Å²) in [6, 6.07) is 5.98. The van der Waals surface area contributed by atoms with Gasteiger partial charge in [0.05, 0.1) is 5.25 Å². The molecule has 0 spiro atoms. The molecule has 1 aliphatic carbocycles. The van der Waals surface area contributed by atoms with Crippen LogP contribution in [0.25, 0.3) is 0 Å². The van der Waals surface area contributed by atoms with Crippen LogP contribution in [0.3, 0.4) is 0 Å². The van der Waals surface area contributed by atoms with Crippen LogP contribution >= 0.6 is 11.8 Å². The molecule has 0 bridgehead atoms. The molecule has 5 heteroatoms. The summed E-state index contributed by atoms with van der Waals surface area (Å²) >= 11 is 1.47. The van der Waals surface area contributed by atoms with Crippen LogP contribution in [-0.4, -0.2) is 23.2 Å². The summed E-state index contributed by atoms with van der Waals surface area (Å²) in [7, 11) is 0. The van der Waals surface area contributed by atoms with Gasteiger partial charge >= 0.3 is 6.03 Å². The molecule has 2 N–H and O–H groups in total. The predicted octanol–water partition coefficient (Wildman–Crippen LogP) is 3.94. The third-order valence-corrected chi connectivity index (χ3v) is 5.43. The molecule has 1 aromatic rings. The van der Waals surface area contributed by atoms with Crippen LogP contribution in [0.2, 0.25) is 0 Å². The second kappa shape index (κ2) is 8.39. The highest BCUT2D eigenvalue weighted by Crippen LogP contribution is 2.25. The first-order valence-corrected chi connectivity index (χ1v) is 9.19. The van der Waals surface area contributed by atoms with Crippen molar-refractivity contribution in [3.05, 3.63) is 29.3 Å². The van der Waals surface area contributed by atoms with Crippen molar-refractivity contribution in [3.8, 4) is 0 Å². The lowest BCUT2D eigenvalue weighted by molar-refractivity contribution is -0.119. The monoisotopic (exact) mass is 334 g/mol. The third-order valence-electron chi connectivity index (χ3n) is 4.34. The molecule has 23 heavy (non-hydrogen) atoms. The number of benzene rings is 1. The highest BCUT2D eigenvalue weighted by Gasteiger charge is 2.20. The lowest BCUT2D eigenvalue weighted by Gasteiger charge is -2.23. The van der Waals surface area contributed by atoms with Crippen molar-refractivity contribution in [3.63, 3.8) is 0 Å². The molecule has 3 amide bonds. The number of aryl methyl sites for hydroxylation is 2. The van der Waals surface area contributed by atoms with Crippen molar-refractivity contribution < 1.29 is 9.59 Å². The van der Waals surface area contributed by atoms with E-state index < -0.39 is 0 Å². The first kappa shape index (κ1) is 17.9. The molecule has 1 saturated carbocycles. The van der Waals surface area contributed by atoms with E-state index in [4.69, 9.17) is 0 Å². The molecule has 0 aliphatic heterocycles. The fourth-order valence-corrected chi connectivity index (χ4v) is 3.69. The molecule has 4 nitrogen and oxygen atoms in total. The highest BCUT2D eigenvalue weighted by molar-refractivity contribution is 8.00. The molecule has 0 saturated heterocycles. The Morgan fingerprint density at radius 1 is 1.13 bits per heavy atom. The van der Waals surface area contributed by atoms with Gasteiger partial charge in [-0.15, -0.1) is 11.8 Å². The van der Waals surface area contributed by atoms with Crippen molar-refractivity contribution >= 4 is 23.7 Å². The van der Waals surface area contributed by atoms with E-state index in [1.54, 1.807) is 0 Å². The van der Waals surface area contributed by atoms with Gasteiger partial charge in [-0.3, -0.25) is 10.1 Å². The van der Waals surface area contributed by atoms with Gasteiger partial charge < -0.3 is 5.32 Å². The van der Waals surface area contributed by atoms with Gasteiger partial charge in [-0.1, -0.05) is 25.3 Å². The molecular weight excluding hydrogens is 308 g/mol. The van der Waals surface area contributed by atoms with E-state index in [2.05, 4.69) is 36.6 Å². The number of amides is 3. The summed E-state index contributed by atoms with van der Waals surface area (Å²) in [5.41, 5.74) is 2.44. The molecular formula is C18H26N2O2S. The topological polar surface area (TPSA) is 58.2 Å². The molecule has 1 aliphatic rings. The number of imide groups is 1. The number of hydrogen-bond donors (Lipinski definition) is 2. The van der Waals surface area contributed by atoms with Crippen LogP contribution in [0.15, 0.2) is 23.1 Å². The van der Waals surface area contributed by atoms with Crippen LogP contribution in [0, 0.1) is 13.8 Å².